The van der Waals surface area contributed by atoms with Gasteiger partial charge in [-0.3, -0.25) is 4.98 Å². The van der Waals surface area contributed by atoms with Crippen LogP contribution in [0.1, 0.15) is 24.8 Å². The number of aromatic nitrogens is 3. The molecule has 4 aromatic rings. The fourth-order valence-corrected chi connectivity index (χ4v) is 4.82. The highest BCUT2D eigenvalue weighted by Gasteiger charge is 2.35. The van der Waals surface area contributed by atoms with E-state index >= 15 is 4.39 Å². The van der Waals surface area contributed by atoms with Crippen molar-refractivity contribution in [2.45, 2.75) is 24.9 Å². The molecule has 1 aliphatic rings. The highest BCUT2D eigenvalue weighted by atomic mass is 19.1. The van der Waals surface area contributed by atoms with Crippen molar-refractivity contribution in [1.29, 1.82) is 5.26 Å². The van der Waals surface area contributed by atoms with E-state index in [9.17, 15) is 9.50 Å². The van der Waals surface area contributed by atoms with E-state index < -0.39 is 17.2 Å². The number of rotatable bonds is 4. The average Bonchev–Trinajstić information content (AvgIpc) is 2.88. The van der Waals surface area contributed by atoms with Gasteiger partial charge in [-0.1, -0.05) is 30.2 Å². The summed E-state index contributed by atoms with van der Waals surface area (Å²) >= 11 is 0. The number of pyridine rings is 1. The molecule has 3 heterocycles. The third-order valence-corrected chi connectivity index (χ3v) is 6.48. The van der Waals surface area contributed by atoms with Gasteiger partial charge in [-0.15, -0.1) is 6.42 Å². The zero-order valence-electron chi connectivity index (χ0n) is 19.4. The summed E-state index contributed by atoms with van der Waals surface area (Å²) in [6.07, 6.45) is 8.11. The molecule has 1 aliphatic heterocycles. The van der Waals surface area contributed by atoms with E-state index in [1.165, 1.54) is 19.4 Å². The predicted octanol–water partition coefficient (Wildman–Crippen LogP) is 4.36. The molecule has 1 fully saturated rings. The van der Waals surface area contributed by atoms with Gasteiger partial charge < -0.3 is 14.7 Å². The van der Waals surface area contributed by atoms with Gasteiger partial charge in [0.25, 0.3) is 0 Å². The minimum absolute atomic E-state index is 0.0236. The number of benzene rings is 2. The molecule has 2 aromatic heterocycles. The molecule has 1 atom stereocenters. The van der Waals surface area contributed by atoms with Crippen LogP contribution in [-0.2, 0) is 0 Å². The number of nitriles is 1. The Morgan fingerprint density at radius 3 is 2.83 bits per heavy atom. The summed E-state index contributed by atoms with van der Waals surface area (Å²) in [5.41, 5.74) is -0.925. The molecular weight excluding hydrogens is 464 g/mol. The lowest BCUT2D eigenvalue weighted by molar-refractivity contribution is 0.0304. The molecular formula is C27H21F2N5O2. The number of nitrogens with zero attached hydrogens (tertiary/aromatic N) is 5. The van der Waals surface area contributed by atoms with Crippen LogP contribution < -0.4 is 9.64 Å². The first-order chi connectivity index (χ1) is 17.4. The van der Waals surface area contributed by atoms with Crippen LogP contribution in [-0.4, -0.2) is 45.9 Å². The van der Waals surface area contributed by atoms with E-state index in [1.807, 2.05) is 6.07 Å². The first-order valence-electron chi connectivity index (χ1n) is 11.3. The average molecular weight is 485 g/mol. The lowest BCUT2D eigenvalue weighted by Gasteiger charge is -2.38. The van der Waals surface area contributed by atoms with Crippen LogP contribution in [0.15, 0.2) is 36.5 Å². The Kier molecular flexibility index (Phi) is 5.87. The zero-order valence-corrected chi connectivity index (χ0v) is 19.4. The molecule has 0 aliphatic carbocycles. The second-order valence-corrected chi connectivity index (χ2v) is 8.77. The van der Waals surface area contributed by atoms with Crippen molar-refractivity contribution in [3.05, 3.63) is 53.7 Å². The lowest BCUT2D eigenvalue weighted by Crippen LogP contribution is -2.48. The van der Waals surface area contributed by atoms with E-state index in [4.69, 9.17) is 16.4 Å². The van der Waals surface area contributed by atoms with E-state index in [2.05, 4.69) is 20.9 Å². The number of fused-ring (bicyclic) bond motifs is 2. The maximum Gasteiger partial charge on any atom is 0.318 e. The number of aliphatic hydroxyl groups is 1. The number of halogens is 2. The molecule has 5 rings (SSSR count). The van der Waals surface area contributed by atoms with Gasteiger partial charge >= 0.3 is 6.01 Å². The van der Waals surface area contributed by atoms with E-state index in [0.717, 1.165) is 0 Å². The number of β-amino-alcohol motifs (C(OH)–C–C–N with tert-alkyl or cyclic N) is 1. The molecule has 1 N–H and O–H groups in total. The number of methoxy groups -OCH3 is 1. The lowest BCUT2D eigenvalue weighted by atomic mass is 9.90. The smallest absolute Gasteiger partial charge is 0.318 e. The Balaban J connectivity index is 1.72. The molecule has 36 heavy (non-hydrogen) atoms. The molecule has 0 amide bonds. The van der Waals surface area contributed by atoms with Crippen LogP contribution in [0, 0.1) is 35.3 Å². The van der Waals surface area contributed by atoms with Gasteiger partial charge in [-0.25, -0.2) is 8.78 Å². The van der Waals surface area contributed by atoms with Crippen molar-refractivity contribution in [2.75, 3.05) is 25.1 Å². The molecule has 0 bridgehead atoms. The summed E-state index contributed by atoms with van der Waals surface area (Å²) in [6.45, 7) is 0.688. The summed E-state index contributed by atoms with van der Waals surface area (Å²) in [7, 11) is 1.37. The molecule has 2 aromatic carbocycles. The first-order valence-corrected chi connectivity index (χ1v) is 11.3. The third-order valence-electron chi connectivity index (χ3n) is 6.48. The second kappa shape index (κ2) is 9.03. The van der Waals surface area contributed by atoms with Crippen LogP contribution in [0.3, 0.4) is 0 Å². The Morgan fingerprint density at radius 1 is 1.25 bits per heavy atom. The van der Waals surface area contributed by atoms with Crippen molar-refractivity contribution in [2.24, 2.45) is 0 Å². The minimum atomic E-state index is -1.21. The number of hydrogen-bond acceptors (Lipinski definition) is 7. The fourth-order valence-electron chi connectivity index (χ4n) is 4.82. The van der Waals surface area contributed by atoms with E-state index in [1.54, 1.807) is 29.2 Å². The maximum absolute atomic E-state index is 16.1. The van der Waals surface area contributed by atoms with Crippen LogP contribution in [0.25, 0.3) is 32.9 Å². The van der Waals surface area contributed by atoms with Gasteiger partial charge in [0, 0.05) is 30.2 Å². The predicted molar refractivity (Wildman–Crippen MR) is 131 cm³/mol. The number of piperidine rings is 1. The fraction of sp³-hybridized carbons (Fsp3) is 0.259. The Bertz CT molecular complexity index is 1590. The molecule has 7 nitrogen and oxygen atoms in total. The van der Waals surface area contributed by atoms with Gasteiger partial charge in [-0.2, -0.15) is 15.2 Å². The number of ether oxygens (including phenoxy) is 1. The molecule has 0 saturated carbocycles. The largest absolute Gasteiger partial charge is 0.467 e. The van der Waals surface area contributed by atoms with Crippen molar-refractivity contribution >= 4 is 27.5 Å². The molecule has 0 radical (unpaired) electrons. The number of terminal acetylenes is 1. The summed E-state index contributed by atoms with van der Waals surface area (Å²) in [5, 5.41) is 21.3. The third kappa shape index (κ3) is 3.84. The topological polar surface area (TPSA) is 95.2 Å². The summed E-state index contributed by atoms with van der Waals surface area (Å²) < 4.78 is 35.8. The highest BCUT2D eigenvalue weighted by molar-refractivity contribution is 6.02. The maximum atomic E-state index is 16.1. The van der Waals surface area contributed by atoms with Crippen LogP contribution >= 0.6 is 0 Å². The number of anilines is 1. The van der Waals surface area contributed by atoms with E-state index in [0.29, 0.717) is 46.9 Å². The van der Waals surface area contributed by atoms with Crippen LogP contribution in [0.5, 0.6) is 6.01 Å². The van der Waals surface area contributed by atoms with Gasteiger partial charge in [0.15, 0.2) is 5.82 Å². The summed E-state index contributed by atoms with van der Waals surface area (Å²) in [5.74, 6) is 1.39. The quantitative estimate of drug-likeness (QED) is 0.429. The molecule has 1 unspecified atom stereocenters. The number of hydrogen-bond donors (Lipinski definition) is 1. The molecule has 9 heteroatoms. The molecule has 180 valence electrons. The van der Waals surface area contributed by atoms with Gasteiger partial charge in [0.1, 0.15) is 22.8 Å². The normalized spacial score (nSPS) is 17.7. The Hall–Kier alpha value is -4.34. The second-order valence-electron chi connectivity index (χ2n) is 8.77. The van der Waals surface area contributed by atoms with Crippen LogP contribution in [0.4, 0.5) is 14.6 Å². The highest BCUT2D eigenvalue weighted by Crippen LogP contribution is 2.37. The van der Waals surface area contributed by atoms with Crippen molar-refractivity contribution in [3.63, 3.8) is 0 Å². The summed E-state index contributed by atoms with van der Waals surface area (Å²) in [4.78, 5) is 14.8. The van der Waals surface area contributed by atoms with Crippen molar-refractivity contribution in [3.8, 4) is 35.7 Å². The first kappa shape index (κ1) is 23.4. The SMILES string of the molecule is C#Cc1c(F)ccc2cccc(-c3ncc4c(N5CCCC(O)(CC#N)C5)nc(OC)nc4c3F)c12. The van der Waals surface area contributed by atoms with Gasteiger partial charge in [0.2, 0.25) is 0 Å². The van der Waals surface area contributed by atoms with Crippen LogP contribution in [0.2, 0.25) is 0 Å². The molecule has 0 spiro atoms. The van der Waals surface area contributed by atoms with Gasteiger partial charge in [0.05, 0.1) is 36.2 Å². The molecule has 1 saturated heterocycles. The zero-order chi connectivity index (χ0) is 25.4. The summed E-state index contributed by atoms with van der Waals surface area (Å²) in [6, 6.07) is 9.94. The van der Waals surface area contributed by atoms with Gasteiger partial charge in [-0.05, 0) is 24.3 Å². The van der Waals surface area contributed by atoms with E-state index in [-0.39, 0.29) is 35.8 Å². The van der Waals surface area contributed by atoms with Crippen molar-refractivity contribution in [1.82, 2.24) is 15.0 Å². The Morgan fingerprint density at radius 2 is 2.08 bits per heavy atom. The van der Waals surface area contributed by atoms with Crippen molar-refractivity contribution < 1.29 is 18.6 Å². The Labute approximate surface area is 206 Å². The monoisotopic (exact) mass is 485 g/mol. The minimum Gasteiger partial charge on any atom is -0.467 e. The standard InChI is InChI=1S/C27H21F2N5O2/c1-3-17-20(28)9-8-16-6-4-7-18(21(16)17)23-22(29)24-19(14-31-23)25(33-26(32-24)36-2)34-13-5-10-27(35,15-34)11-12-30/h1,4,6-9,14,35H,5,10-11,13,15H2,2H3.